The number of nitrogens with one attached hydrogen (secondary N) is 1. The first kappa shape index (κ1) is 17.0. The van der Waals surface area contributed by atoms with E-state index in [4.69, 9.17) is 21.1 Å². The molecule has 2 aromatic carbocycles. The van der Waals surface area contributed by atoms with Crippen molar-refractivity contribution in [1.82, 2.24) is 0 Å². The summed E-state index contributed by atoms with van der Waals surface area (Å²) in [6.07, 6.45) is -1.38. The van der Waals surface area contributed by atoms with Crippen LogP contribution in [0.3, 0.4) is 0 Å². The van der Waals surface area contributed by atoms with E-state index in [-0.39, 0.29) is 16.3 Å². The number of carbonyl (C=O) groups excluding carboxylic acids is 2. The molecular weight excluding hydrogens is 349 g/mol. The van der Waals surface area contributed by atoms with Crippen molar-refractivity contribution in [3.63, 3.8) is 0 Å². The lowest BCUT2D eigenvalue weighted by Crippen LogP contribution is -2.24. The summed E-state index contributed by atoms with van der Waals surface area (Å²) < 4.78 is 23.8. The number of halogens is 2. The maximum Gasteiger partial charge on any atom is 0.355 e. The summed E-state index contributed by atoms with van der Waals surface area (Å²) in [7, 11) is 0. The Morgan fingerprint density at radius 1 is 1.20 bits per heavy atom. The first-order chi connectivity index (χ1) is 12.0. The van der Waals surface area contributed by atoms with Gasteiger partial charge in [-0.15, -0.1) is 0 Å². The van der Waals surface area contributed by atoms with Gasteiger partial charge in [-0.2, -0.15) is 0 Å². The van der Waals surface area contributed by atoms with E-state index in [1.165, 1.54) is 18.2 Å². The van der Waals surface area contributed by atoms with Gasteiger partial charge in [-0.25, -0.2) is 14.0 Å². The van der Waals surface area contributed by atoms with Gasteiger partial charge >= 0.3 is 11.9 Å². The van der Waals surface area contributed by atoms with Crippen LogP contribution in [0.1, 0.15) is 15.9 Å². The molecule has 5 nitrogen and oxygen atoms in total. The number of cyclic esters (lactones) is 1. The van der Waals surface area contributed by atoms with E-state index < -0.39 is 24.0 Å². The molecule has 1 atom stereocenters. The van der Waals surface area contributed by atoms with Gasteiger partial charge in [-0.3, -0.25) is 0 Å². The number of rotatable bonds is 4. The van der Waals surface area contributed by atoms with Crippen molar-refractivity contribution in [1.29, 1.82) is 0 Å². The third-order valence-electron chi connectivity index (χ3n) is 3.59. The summed E-state index contributed by atoms with van der Waals surface area (Å²) in [6, 6.07) is 12.6. The monoisotopic (exact) mass is 361 g/mol. The highest BCUT2D eigenvalue weighted by Crippen LogP contribution is 2.29. The van der Waals surface area contributed by atoms with Crippen LogP contribution in [0, 0.1) is 12.7 Å². The smallest absolute Gasteiger partial charge is 0.355 e. The molecule has 0 bridgehead atoms. The second-order valence-corrected chi connectivity index (χ2v) is 5.67. The zero-order chi connectivity index (χ0) is 18.0. The molecule has 128 valence electrons. The Bertz CT molecular complexity index is 881. The Morgan fingerprint density at radius 2 is 1.88 bits per heavy atom. The molecule has 1 aliphatic rings. The molecule has 1 heterocycles. The predicted molar refractivity (Wildman–Crippen MR) is 89.4 cm³/mol. The summed E-state index contributed by atoms with van der Waals surface area (Å²) in [5.41, 5.74) is 1.38. The van der Waals surface area contributed by atoms with Crippen molar-refractivity contribution in [2.45, 2.75) is 13.2 Å². The standard InChI is InChI=1S/C18H13ClFNO4/c1-10-6-2-5-9-13(10)21-15-14(19)17(23)25-18(15)24-16(22)11-7-3-4-8-12(11)20/h2-9,18,21H,1H3/t18-/m1/s1. The number of esters is 2. The minimum Gasteiger partial charge on any atom is -0.415 e. The molecule has 1 aliphatic heterocycles. The summed E-state index contributed by atoms with van der Waals surface area (Å²) in [5.74, 6) is -2.53. The predicted octanol–water partition coefficient (Wildman–Crippen LogP) is 3.74. The number of carbonyl (C=O) groups is 2. The molecule has 0 amide bonds. The highest BCUT2D eigenvalue weighted by Gasteiger charge is 2.37. The Balaban J connectivity index is 1.84. The SMILES string of the molecule is Cc1ccccc1NC1=C(Cl)C(=O)O[C@H]1OC(=O)c1ccccc1F. The summed E-state index contributed by atoms with van der Waals surface area (Å²) in [6.45, 7) is 1.86. The van der Waals surface area contributed by atoms with Crippen molar-refractivity contribution < 1.29 is 23.5 Å². The van der Waals surface area contributed by atoms with Gasteiger partial charge in [-0.1, -0.05) is 41.9 Å². The Morgan fingerprint density at radius 3 is 2.60 bits per heavy atom. The van der Waals surface area contributed by atoms with E-state index in [0.717, 1.165) is 11.6 Å². The molecule has 0 spiro atoms. The molecular formula is C18H13ClFNO4. The van der Waals surface area contributed by atoms with Crippen molar-refractivity contribution in [2.75, 3.05) is 5.32 Å². The largest absolute Gasteiger partial charge is 0.415 e. The zero-order valence-electron chi connectivity index (χ0n) is 13.1. The van der Waals surface area contributed by atoms with Crippen LogP contribution in [0.5, 0.6) is 0 Å². The maximum absolute atomic E-state index is 13.7. The van der Waals surface area contributed by atoms with E-state index in [9.17, 15) is 14.0 Å². The van der Waals surface area contributed by atoms with Gasteiger partial charge in [0.05, 0.1) is 5.56 Å². The van der Waals surface area contributed by atoms with Gasteiger partial charge in [0.25, 0.3) is 6.29 Å². The van der Waals surface area contributed by atoms with Crippen LogP contribution in [-0.2, 0) is 14.3 Å². The summed E-state index contributed by atoms with van der Waals surface area (Å²) in [4.78, 5) is 23.9. The zero-order valence-corrected chi connectivity index (χ0v) is 13.8. The second kappa shape index (κ2) is 6.94. The van der Waals surface area contributed by atoms with Gasteiger partial charge in [0.1, 0.15) is 11.5 Å². The van der Waals surface area contributed by atoms with Crippen molar-refractivity contribution in [2.24, 2.45) is 0 Å². The van der Waals surface area contributed by atoms with Gasteiger partial charge in [-0.05, 0) is 30.7 Å². The number of benzene rings is 2. The molecule has 1 N–H and O–H groups in total. The van der Waals surface area contributed by atoms with Crippen molar-refractivity contribution in [3.8, 4) is 0 Å². The molecule has 0 aliphatic carbocycles. The summed E-state index contributed by atoms with van der Waals surface area (Å²) in [5, 5.41) is 2.71. The van der Waals surface area contributed by atoms with E-state index in [1.807, 2.05) is 19.1 Å². The lowest BCUT2D eigenvalue weighted by molar-refractivity contribution is -0.152. The van der Waals surface area contributed by atoms with Crippen LogP contribution < -0.4 is 5.32 Å². The minimum absolute atomic E-state index is 0.0886. The third-order valence-corrected chi connectivity index (χ3v) is 3.95. The van der Waals surface area contributed by atoms with Crippen LogP contribution in [0.4, 0.5) is 10.1 Å². The molecule has 0 fully saturated rings. The fourth-order valence-corrected chi connectivity index (χ4v) is 2.44. The molecule has 0 aromatic heterocycles. The third kappa shape index (κ3) is 3.49. The lowest BCUT2D eigenvalue weighted by atomic mass is 10.2. The van der Waals surface area contributed by atoms with Gasteiger partial charge in [0, 0.05) is 5.69 Å². The average molecular weight is 362 g/mol. The quantitative estimate of drug-likeness (QED) is 0.840. The molecule has 25 heavy (non-hydrogen) atoms. The first-order valence-electron chi connectivity index (χ1n) is 7.36. The van der Waals surface area contributed by atoms with Gasteiger partial charge in [0.2, 0.25) is 0 Å². The van der Waals surface area contributed by atoms with E-state index in [0.29, 0.717) is 5.69 Å². The number of aryl methyl sites for hydroxylation is 1. The van der Waals surface area contributed by atoms with Crippen LogP contribution >= 0.6 is 11.6 Å². The first-order valence-corrected chi connectivity index (χ1v) is 7.74. The Kier molecular flexibility index (Phi) is 4.72. The second-order valence-electron chi connectivity index (χ2n) is 5.29. The number of hydrogen-bond donors (Lipinski definition) is 1. The molecule has 0 saturated heterocycles. The number of anilines is 1. The minimum atomic E-state index is -1.38. The topological polar surface area (TPSA) is 64.6 Å². The maximum atomic E-state index is 13.7. The summed E-state index contributed by atoms with van der Waals surface area (Å²) >= 11 is 5.96. The molecule has 2 aromatic rings. The van der Waals surface area contributed by atoms with E-state index in [1.54, 1.807) is 12.1 Å². The Hall–Kier alpha value is -2.86. The van der Waals surface area contributed by atoms with Crippen LogP contribution in [-0.4, -0.2) is 18.2 Å². The average Bonchev–Trinajstić information content (AvgIpc) is 2.84. The van der Waals surface area contributed by atoms with Gasteiger partial charge < -0.3 is 14.8 Å². The van der Waals surface area contributed by atoms with Crippen molar-refractivity contribution in [3.05, 3.63) is 76.2 Å². The lowest BCUT2D eigenvalue weighted by Gasteiger charge is -2.17. The fraction of sp³-hybridized carbons (Fsp3) is 0.111. The van der Waals surface area contributed by atoms with Crippen LogP contribution in [0.15, 0.2) is 59.3 Å². The van der Waals surface area contributed by atoms with Gasteiger partial charge in [0.15, 0.2) is 5.03 Å². The number of ether oxygens (including phenoxy) is 2. The van der Waals surface area contributed by atoms with E-state index >= 15 is 0 Å². The van der Waals surface area contributed by atoms with Crippen LogP contribution in [0.25, 0.3) is 0 Å². The fourth-order valence-electron chi connectivity index (χ4n) is 2.26. The highest BCUT2D eigenvalue weighted by atomic mass is 35.5. The van der Waals surface area contributed by atoms with Crippen LogP contribution in [0.2, 0.25) is 0 Å². The number of hydrogen-bond acceptors (Lipinski definition) is 5. The molecule has 0 unspecified atom stereocenters. The van der Waals surface area contributed by atoms with Crippen molar-refractivity contribution >= 4 is 29.2 Å². The molecule has 0 radical (unpaired) electrons. The normalized spacial score (nSPS) is 16.6. The molecule has 7 heteroatoms. The number of para-hydroxylation sites is 1. The highest BCUT2D eigenvalue weighted by molar-refractivity contribution is 6.42. The molecule has 3 rings (SSSR count). The van der Waals surface area contributed by atoms with E-state index in [2.05, 4.69) is 5.32 Å². The Labute approximate surface area is 148 Å². The molecule has 0 saturated carbocycles.